The first-order valence-corrected chi connectivity index (χ1v) is 3.99. The first kappa shape index (κ1) is 10.8. The van der Waals surface area contributed by atoms with Crippen LogP contribution in [0.3, 0.4) is 0 Å². The number of aliphatic hydroxyl groups is 3. The third-order valence-corrected chi connectivity index (χ3v) is 2.32. The molecule has 0 amide bonds. The lowest BCUT2D eigenvalue weighted by molar-refractivity contribution is -0.321. The second kappa shape index (κ2) is 3.87. The molecule has 0 aromatic carbocycles. The Bertz CT molecular complexity index is 172. The average Bonchev–Trinajstić information content (AvgIpc) is 2.16. The van der Waals surface area contributed by atoms with Crippen LogP contribution in [-0.4, -0.2) is 59.7 Å². The number of ether oxygens (including phenoxy) is 2. The molecule has 1 aliphatic rings. The molecule has 0 bridgehead atoms. The summed E-state index contributed by atoms with van der Waals surface area (Å²) in [6.45, 7) is -0.572. The maximum atomic E-state index is 9.56. The van der Waals surface area contributed by atoms with Crippen molar-refractivity contribution in [1.29, 1.82) is 0 Å². The highest BCUT2D eigenvalue weighted by Gasteiger charge is 2.48. The van der Waals surface area contributed by atoms with Gasteiger partial charge in [0.1, 0.15) is 6.10 Å². The van der Waals surface area contributed by atoms with Crippen molar-refractivity contribution >= 4 is 0 Å². The molecule has 0 unspecified atom stereocenters. The van der Waals surface area contributed by atoms with Crippen molar-refractivity contribution in [3.63, 3.8) is 0 Å². The van der Waals surface area contributed by atoms with E-state index >= 15 is 0 Å². The summed E-state index contributed by atoms with van der Waals surface area (Å²) in [6.07, 6.45) is -2.18. The molecule has 1 fully saturated rings. The van der Waals surface area contributed by atoms with Crippen molar-refractivity contribution in [1.82, 2.24) is 0 Å². The molecule has 5 N–H and O–H groups in total. The van der Waals surface area contributed by atoms with Crippen molar-refractivity contribution in [2.24, 2.45) is 5.73 Å². The van der Waals surface area contributed by atoms with E-state index in [9.17, 15) is 10.2 Å². The molecule has 0 spiro atoms. The monoisotopic (exact) mass is 193 g/mol. The molecule has 0 radical (unpaired) electrons. The molecule has 6 heteroatoms. The summed E-state index contributed by atoms with van der Waals surface area (Å²) in [5.41, 5.74) is 5.48. The Morgan fingerprint density at radius 2 is 2.23 bits per heavy atom. The van der Waals surface area contributed by atoms with Crippen LogP contribution in [0, 0.1) is 0 Å². The van der Waals surface area contributed by atoms with E-state index in [1.165, 1.54) is 7.11 Å². The smallest absolute Gasteiger partial charge is 0.219 e. The van der Waals surface area contributed by atoms with Crippen LogP contribution >= 0.6 is 0 Å². The van der Waals surface area contributed by atoms with E-state index in [4.69, 9.17) is 20.3 Å². The minimum atomic E-state index is -1.50. The van der Waals surface area contributed by atoms with E-state index in [2.05, 4.69) is 0 Å². The molecule has 6 nitrogen and oxygen atoms in total. The van der Waals surface area contributed by atoms with Crippen molar-refractivity contribution in [2.45, 2.75) is 24.0 Å². The second-order valence-electron chi connectivity index (χ2n) is 3.07. The zero-order valence-corrected chi connectivity index (χ0v) is 7.38. The molecule has 1 rings (SSSR count). The predicted molar refractivity (Wildman–Crippen MR) is 42.8 cm³/mol. The van der Waals surface area contributed by atoms with Gasteiger partial charge in [-0.25, -0.2) is 0 Å². The molecule has 1 saturated heterocycles. The Hall–Kier alpha value is -0.240. The highest BCUT2D eigenvalue weighted by molar-refractivity contribution is 4.94. The van der Waals surface area contributed by atoms with Gasteiger partial charge in [-0.3, -0.25) is 0 Å². The van der Waals surface area contributed by atoms with Crippen LogP contribution in [0.4, 0.5) is 0 Å². The van der Waals surface area contributed by atoms with Gasteiger partial charge in [-0.1, -0.05) is 0 Å². The van der Waals surface area contributed by atoms with Crippen LogP contribution in [0.25, 0.3) is 0 Å². The van der Waals surface area contributed by atoms with E-state index in [0.29, 0.717) is 0 Å². The van der Waals surface area contributed by atoms with Gasteiger partial charge in [-0.2, -0.15) is 0 Å². The topological polar surface area (TPSA) is 105 Å². The van der Waals surface area contributed by atoms with Crippen LogP contribution < -0.4 is 5.73 Å². The predicted octanol–water partition coefficient (Wildman–Crippen LogP) is -2.60. The number of hydrogen-bond acceptors (Lipinski definition) is 6. The standard InChI is InChI=1S/C7H15NO5/c1-12-7(3-9)6(11)5(8)4(10)2-13-7/h4-6,9-11H,2-3,8H2,1H3/t4-,5+,6-,7+/m0/s1. The zero-order chi connectivity index (χ0) is 10.1. The van der Waals surface area contributed by atoms with Gasteiger partial charge >= 0.3 is 0 Å². The molecule has 78 valence electrons. The molecular weight excluding hydrogens is 178 g/mol. The quantitative estimate of drug-likeness (QED) is 0.383. The minimum absolute atomic E-state index is 0.0629. The Balaban J connectivity index is 2.77. The third kappa shape index (κ3) is 1.69. The van der Waals surface area contributed by atoms with Gasteiger partial charge in [0.05, 0.1) is 25.4 Å². The zero-order valence-electron chi connectivity index (χ0n) is 7.38. The van der Waals surface area contributed by atoms with Gasteiger partial charge in [0.2, 0.25) is 5.79 Å². The van der Waals surface area contributed by atoms with Gasteiger partial charge in [-0.05, 0) is 0 Å². The van der Waals surface area contributed by atoms with Crippen LogP contribution in [0.5, 0.6) is 0 Å². The van der Waals surface area contributed by atoms with E-state index < -0.39 is 30.6 Å². The molecule has 0 aliphatic carbocycles. The largest absolute Gasteiger partial charge is 0.391 e. The SMILES string of the molecule is CO[C@]1(CO)OC[C@H](O)[C@@H](N)[C@@H]1O. The van der Waals surface area contributed by atoms with Crippen molar-refractivity contribution in [3.05, 3.63) is 0 Å². The molecule has 1 heterocycles. The fraction of sp³-hybridized carbons (Fsp3) is 1.00. The molecule has 0 saturated carbocycles. The van der Waals surface area contributed by atoms with Gasteiger partial charge in [0, 0.05) is 7.11 Å². The first-order valence-electron chi connectivity index (χ1n) is 3.99. The highest BCUT2D eigenvalue weighted by Crippen LogP contribution is 2.25. The van der Waals surface area contributed by atoms with Gasteiger partial charge in [0.25, 0.3) is 0 Å². The Morgan fingerprint density at radius 3 is 2.69 bits per heavy atom. The van der Waals surface area contributed by atoms with E-state index in [1.54, 1.807) is 0 Å². The van der Waals surface area contributed by atoms with Gasteiger partial charge in [0.15, 0.2) is 0 Å². The lowest BCUT2D eigenvalue weighted by atomic mass is 9.95. The van der Waals surface area contributed by atoms with Crippen LogP contribution in [0.15, 0.2) is 0 Å². The summed E-state index contributed by atoms with van der Waals surface area (Å²) in [7, 11) is 1.30. The lowest BCUT2D eigenvalue weighted by Crippen LogP contribution is -2.66. The minimum Gasteiger partial charge on any atom is -0.391 e. The lowest BCUT2D eigenvalue weighted by Gasteiger charge is -2.43. The molecule has 0 aromatic rings. The maximum absolute atomic E-state index is 9.56. The van der Waals surface area contributed by atoms with Crippen molar-refractivity contribution in [2.75, 3.05) is 20.3 Å². The summed E-state index contributed by atoms with van der Waals surface area (Å²) in [6, 6.07) is -0.874. The molecule has 13 heavy (non-hydrogen) atoms. The van der Waals surface area contributed by atoms with Crippen molar-refractivity contribution in [3.8, 4) is 0 Å². The fourth-order valence-corrected chi connectivity index (χ4v) is 1.31. The average molecular weight is 193 g/mol. The van der Waals surface area contributed by atoms with E-state index in [1.807, 2.05) is 0 Å². The van der Waals surface area contributed by atoms with E-state index in [-0.39, 0.29) is 6.61 Å². The number of nitrogens with two attached hydrogens (primary N) is 1. The summed E-state index contributed by atoms with van der Waals surface area (Å²) >= 11 is 0. The summed E-state index contributed by atoms with van der Waals surface area (Å²) < 4.78 is 9.85. The highest BCUT2D eigenvalue weighted by atomic mass is 16.7. The Morgan fingerprint density at radius 1 is 1.62 bits per heavy atom. The molecule has 0 aromatic heterocycles. The third-order valence-electron chi connectivity index (χ3n) is 2.32. The van der Waals surface area contributed by atoms with Gasteiger partial charge < -0.3 is 30.5 Å². The van der Waals surface area contributed by atoms with Crippen LogP contribution in [0.2, 0.25) is 0 Å². The number of methoxy groups -OCH3 is 1. The maximum Gasteiger partial charge on any atom is 0.219 e. The summed E-state index contributed by atoms with van der Waals surface area (Å²) in [4.78, 5) is 0. The van der Waals surface area contributed by atoms with Gasteiger partial charge in [-0.15, -0.1) is 0 Å². The fourth-order valence-electron chi connectivity index (χ4n) is 1.31. The normalized spacial score (nSPS) is 46.4. The number of rotatable bonds is 2. The van der Waals surface area contributed by atoms with E-state index in [0.717, 1.165) is 0 Å². The second-order valence-corrected chi connectivity index (χ2v) is 3.07. The number of aliphatic hydroxyl groups excluding tert-OH is 3. The molecule has 1 aliphatic heterocycles. The molecule has 4 atom stereocenters. The van der Waals surface area contributed by atoms with Crippen molar-refractivity contribution < 1.29 is 24.8 Å². The first-order chi connectivity index (χ1) is 6.07. The van der Waals surface area contributed by atoms with Crippen LogP contribution in [-0.2, 0) is 9.47 Å². The van der Waals surface area contributed by atoms with Crippen LogP contribution in [0.1, 0.15) is 0 Å². The number of hydrogen-bond donors (Lipinski definition) is 4. The Labute approximate surface area is 75.9 Å². The molecular formula is C7H15NO5. The summed E-state index contributed by atoms with van der Waals surface area (Å²) in [5, 5.41) is 27.8. The Kier molecular flexibility index (Phi) is 3.23. The summed E-state index contributed by atoms with van der Waals surface area (Å²) in [5.74, 6) is -1.50.